The van der Waals surface area contributed by atoms with E-state index in [1.54, 1.807) is 24.0 Å². The Morgan fingerprint density at radius 3 is 2.60 bits per heavy atom. The number of rotatable bonds is 13. The molecule has 0 radical (unpaired) electrons. The first kappa shape index (κ1) is 31.9. The molecule has 0 aliphatic carbocycles. The molecule has 3 aliphatic rings. The minimum absolute atomic E-state index is 0.0853. The second-order valence-corrected chi connectivity index (χ2v) is 12.5. The zero-order valence-corrected chi connectivity index (χ0v) is 26.0. The zero-order valence-electron chi connectivity index (χ0n) is 24.4. The van der Waals surface area contributed by atoms with Gasteiger partial charge in [0.1, 0.15) is 17.7 Å². The first-order valence-electron chi connectivity index (χ1n) is 14.3. The number of anilines is 1. The van der Waals surface area contributed by atoms with E-state index >= 15 is 0 Å². The number of nitrogens with zero attached hydrogens (tertiary/aromatic N) is 2. The van der Waals surface area contributed by atoms with Gasteiger partial charge < -0.3 is 29.7 Å². The van der Waals surface area contributed by atoms with Crippen molar-refractivity contribution >= 4 is 45.3 Å². The number of carbonyl (C=O) groups excluding carboxylic acids is 4. The van der Waals surface area contributed by atoms with Crippen LogP contribution in [0.5, 0.6) is 0 Å². The third-order valence-corrected chi connectivity index (χ3v) is 9.25. The van der Waals surface area contributed by atoms with E-state index in [4.69, 9.17) is 9.47 Å². The molecule has 1 aromatic carbocycles. The Morgan fingerprint density at radius 2 is 1.98 bits per heavy atom. The predicted molar refractivity (Wildman–Crippen MR) is 161 cm³/mol. The maximum atomic E-state index is 14.5. The Labute approximate surface area is 255 Å². The number of allylic oxidation sites excluding steroid dienone is 1. The van der Waals surface area contributed by atoms with Crippen molar-refractivity contribution in [3.63, 3.8) is 0 Å². The third-order valence-electron chi connectivity index (χ3n) is 8.40. The number of aliphatic hydroxyl groups is 1. The van der Waals surface area contributed by atoms with Gasteiger partial charge in [0.25, 0.3) is 5.91 Å². The summed E-state index contributed by atoms with van der Waals surface area (Å²) in [6.45, 7) is 12.8. The van der Waals surface area contributed by atoms with Crippen LogP contribution in [-0.4, -0.2) is 88.6 Å². The van der Waals surface area contributed by atoms with E-state index in [9.17, 15) is 24.3 Å². The van der Waals surface area contributed by atoms with Gasteiger partial charge in [-0.05, 0) is 44.7 Å². The first-order chi connectivity index (χ1) is 20.0. The Hall–Kier alpha value is -3.02. The lowest BCUT2D eigenvalue weighted by Crippen LogP contribution is -2.57. The maximum absolute atomic E-state index is 14.5. The number of hydrogen-bond acceptors (Lipinski definition) is 7. The van der Waals surface area contributed by atoms with Gasteiger partial charge in [0, 0.05) is 30.0 Å². The van der Waals surface area contributed by atoms with Gasteiger partial charge in [-0.15, -0.1) is 13.2 Å². The van der Waals surface area contributed by atoms with Crippen molar-refractivity contribution < 1.29 is 33.8 Å². The highest BCUT2D eigenvalue weighted by atomic mass is 79.9. The van der Waals surface area contributed by atoms with Gasteiger partial charge in [-0.25, -0.2) is 0 Å². The molecule has 3 heterocycles. The Bertz CT molecular complexity index is 1230. The molecule has 0 aromatic heterocycles. The van der Waals surface area contributed by atoms with Crippen molar-refractivity contribution in [1.29, 1.82) is 0 Å². The van der Waals surface area contributed by atoms with E-state index in [-0.39, 0.29) is 49.3 Å². The molecule has 1 unspecified atom stereocenters. The van der Waals surface area contributed by atoms with Crippen molar-refractivity contribution in [2.75, 3.05) is 31.1 Å². The number of benzene rings is 1. The maximum Gasteiger partial charge on any atom is 0.312 e. The summed E-state index contributed by atoms with van der Waals surface area (Å²) < 4.78 is 12.2. The molecule has 3 saturated heterocycles. The number of esters is 1. The number of aliphatic hydroxyl groups excluding tert-OH is 1. The van der Waals surface area contributed by atoms with Crippen LogP contribution < -0.4 is 10.2 Å². The summed E-state index contributed by atoms with van der Waals surface area (Å²) in [5, 5.41) is 12.6. The molecule has 10 nitrogen and oxygen atoms in total. The summed E-state index contributed by atoms with van der Waals surface area (Å²) in [5.41, 5.74) is 1.21. The first-order valence-corrected chi connectivity index (χ1v) is 15.2. The van der Waals surface area contributed by atoms with Gasteiger partial charge in [-0.1, -0.05) is 46.3 Å². The summed E-state index contributed by atoms with van der Waals surface area (Å²) in [6.07, 6.45) is 3.11. The van der Waals surface area contributed by atoms with Crippen LogP contribution in [-0.2, 0) is 28.7 Å². The van der Waals surface area contributed by atoms with E-state index in [1.807, 2.05) is 32.0 Å². The Kier molecular flexibility index (Phi) is 9.95. The number of likely N-dealkylation sites (tertiary alicyclic amines) is 1. The molecule has 42 heavy (non-hydrogen) atoms. The molecule has 11 heteroatoms. The Balaban J connectivity index is 1.64. The highest BCUT2D eigenvalue weighted by Gasteiger charge is 2.77. The molecule has 1 aromatic rings. The molecule has 2 N–H and O–H groups in total. The number of alkyl halides is 1. The molecular weight excluding hydrogens is 606 g/mol. The number of halogens is 1. The van der Waals surface area contributed by atoms with Gasteiger partial charge in [0.2, 0.25) is 11.8 Å². The molecule has 3 aliphatic heterocycles. The minimum atomic E-state index is -1.29. The molecule has 2 bridgehead atoms. The van der Waals surface area contributed by atoms with E-state index in [0.29, 0.717) is 12.8 Å². The predicted octanol–water partition coefficient (Wildman–Crippen LogP) is 2.58. The molecule has 4 rings (SSSR count). The number of ether oxygens (including phenoxy) is 2. The fraction of sp³-hybridized carbons (Fsp3) is 0.548. The summed E-state index contributed by atoms with van der Waals surface area (Å²) in [7, 11) is 0. The van der Waals surface area contributed by atoms with Crippen LogP contribution >= 0.6 is 15.9 Å². The van der Waals surface area contributed by atoms with Crippen molar-refractivity contribution in [1.82, 2.24) is 10.2 Å². The van der Waals surface area contributed by atoms with Crippen LogP contribution in [0.15, 0.2) is 43.5 Å². The Morgan fingerprint density at radius 1 is 1.29 bits per heavy atom. The molecule has 1 spiro atoms. The number of aryl methyl sites for hydroxylation is 2. The average molecular weight is 647 g/mol. The van der Waals surface area contributed by atoms with Gasteiger partial charge in [-0.2, -0.15) is 0 Å². The minimum Gasteiger partial charge on any atom is -0.460 e. The topological polar surface area (TPSA) is 125 Å². The van der Waals surface area contributed by atoms with Crippen LogP contribution in [0, 0.1) is 25.7 Å². The number of β-amino-alcohol motifs (C(OH)–C–C–N with tert-alkyl or cyclic N) is 1. The van der Waals surface area contributed by atoms with Gasteiger partial charge in [0.15, 0.2) is 0 Å². The number of hydrogen-bond donors (Lipinski definition) is 2. The van der Waals surface area contributed by atoms with Gasteiger partial charge >= 0.3 is 5.97 Å². The lowest BCUT2D eigenvalue weighted by atomic mass is 9.70. The van der Waals surface area contributed by atoms with Gasteiger partial charge in [-0.3, -0.25) is 19.2 Å². The normalized spacial score (nSPS) is 28.3. The number of fused-ring (bicyclic) bond motifs is 1. The summed E-state index contributed by atoms with van der Waals surface area (Å²) >= 11 is 3.65. The number of para-hydroxylation sites is 1. The van der Waals surface area contributed by atoms with Crippen molar-refractivity contribution in [3.8, 4) is 0 Å². The molecule has 3 fully saturated rings. The number of amides is 3. The zero-order chi connectivity index (χ0) is 30.8. The molecule has 0 saturated carbocycles. The average Bonchev–Trinajstić information content (AvgIpc) is 3.53. The van der Waals surface area contributed by atoms with Crippen LogP contribution in [0.1, 0.15) is 37.3 Å². The molecule has 7 atom stereocenters. The van der Waals surface area contributed by atoms with Crippen molar-refractivity contribution in [2.45, 2.75) is 68.7 Å². The number of nitrogens with one attached hydrogen (secondary N) is 1. The highest BCUT2D eigenvalue weighted by molar-refractivity contribution is 9.09. The SMILES string of the molecule is C=CCCC(=O)NC[C@H](C)OC(=O)[C@@H]1[C@H]2O[C@@]3(CC2Br)[C@H](C(=O)N(CC=C)c2c(C)cccc2C)N(CCO)C(=O)[C@@H]13. The van der Waals surface area contributed by atoms with E-state index in [0.717, 1.165) is 16.8 Å². The molecular formula is C31H40BrN3O7. The molecule has 3 amide bonds. The summed E-state index contributed by atoms with van der Waals surface area (Å²) in [5.74, 6) is -3.49. The third kappa shape index (κ3) is 5.66. The summed E-state index contributed by atoms with van der Waals surface area (Å²) in [4.78, 5) is 56.8. The van der Waals surface area contributed by atoms with E-state index in [1.165, 1.54) is 4.90 Å². The van der Waals surface area contributed by atoms with Crippen molar-refractivity contribution in [2.24, 2.45) is 11.8 Å². The quantitative estimate of drug-likeness (QED) is 0.192. The second kappa shape index (κ2) is 13.1. The summed E-state index contributed by atoms with van der Waals surface area (Å²) in [6, 6.07) is 4.68. The molecule has 228 valence electrons. The number of carbonyl (C=O) groups is 4. The highest BCUT2D eigenvalue weighted by Crippen LogP contribution is 2.60. The van der Waals surface area contributed by atoms with E-state index in [2.05, 4.69) is 34.4 Å². The van der Waals surface area contributed by atoms with Crippen LogP contribution in [0.3, 0.4) is 0 Å². The van der Waals surface area contributed by atoms with Gasteiger partial charge in [0.05, 0.1) is 31.1 Å². The lowest BCUT2D eigenvalue weighted by Gasteiger charge is -2.37. The lowest BCUT2D eigenvalue weighted by molar-refractivity contribution is -0.159. The van der Waals surface area contributed by atoms with Crippen molar-refractivity contribution in [3.05, 3.63) is 54.6 Å². The second-order valence-electron chi connectivity index (χ2n) is 11.3. The fourth-order valence-electron chi connectivity index (χ4n) is 6.72. The van der Waals surface area contributed by atoms with Crippen LogP contribution in [0.25, 0.3) is 0 Å². The van der Waals surface area contributed by atoms with Crippen LogP contribution in [0.4, 0.5) is 5.69 Å². The smallest absolute Gasteiger partial charge is 0.312 e. The largest absolute Gasteiger partial charge is 0.460 e. The monoisotopic (exact) mass is 645 g/mol. The fourth-order valence-corrected chi connectivity index (χ4v) is 7.67. The van der Waals surface area contributed by atoms with Crippen LogP contribution in [0.2, 0.25) is 0 Å². The standard InChI is InChI=1S/C31H40BrN3O7/c1-6-8-12-22(37)33-17-20(5)41-30(40)23-24-28(38)35(14-15-36)27(31(24)16-21(32)26(23)42-31)29(39)34(13-7-2)25-18(3)10-9-11-19(25)4/h6-7,9-11,20-21,23-24,26-27,36H,1-2,8,12-17H2,3-5H3,(H,33,37)/t20-,21?,23-,24+,26-,27-,31+/m0/s1. The van der Waals surface area contributed by atoms with E-state index < -0.39 is 47.6 Å².